The second-order valence-corrected chi connectivity index (χ2v) is 8.16. The molecular weight excluding hydrogens is 424 g/mol. The smallest absolute Gasteiger partial charge is 0.295 e. The van der Waals surface area contributed by atoms with E-state index in [1.165, 1.54) is 35.0 Å². The Labute approximate surface area is 190 Å². The Balaban J connectivity index is 1.43. The Bertz CT molecular complexity index is 1170. The van der Waals surface area contributed by atoms with Crippen molar-refractivity contribution in [2.24, 2.45) is 0 Å². The quantitative estimate of drug-likeness (QED) is 0.438. The van der Waals surface area contributed by atoms with Gasteiger partial charge < -0.3 is 9.80 Å². The second kappa shape index (κ2) is 9.19. The van der Waals surface area contributed by atoms with Gasteiger partial charge >= 0.3 is 0 Å². The maximum atomic E-state index is 13.0. The molecule has 2 amide bonds. The number of carbonyl (C=O) groups is 2. The predicted octanol–water partition coefficient (Wildman–Crippen LogP) is 2.90. The molecule has 1 saturated heterocycles. The molecule has 0 unspecified atom stereocenters. The summed E-state index contributed by atoms with van der Waals surface area (Å²) in [6.45, 7) is 5.71. The molecule has 1 fully saturated rings. The minimum absolute atomic E-state index is 0.0646. The van der Waals surface area contributed by atoms with Crippen molar-refractivity contribution in [3.8, 4) is 5.69 Å². The standard InChI is InChI=1S/C23H24N6O4/c1-16(2)17-3-5-18(6-4-17)22(30)26-9-11-27(12-10-26)23(31)19-7-8-20(21(13-19)29(32)33)28-15-24-14-25-28/h3-8,13-16H,9-12H2,1-2H3. The minimum Gasteiger partial charge on any atom is -0.335 e. The van der Waals surface area contributed by atoms with Gasteiger partial charge in [0.25, 0.3) is 17.5 Å². The molecule has 0 atom stereocenters. The maximum Gasteiger partial charge on any atom is 0.295 e. The molecule has 0 radical (unpaired) electrons. The summed E-state index contributed by atoms with van der Waals surface area (Å²) in [4.78, 5) is 44.0. The van der Waals surface area contributed by atoms with E-state index >= 15 is 0 Å². The van der Waals surface area contributed by atoms with Crippen LogP contribution in [0.3, 0.4) is 0 Å². The number of benzene rings is 2. The lowest BCUT2D eigenvalue weighted by atomic mass is 10.0. The van der Waals surface area contributed by atoms with E-state index in [1.54, 1.807) is 15.9 Å². The lowest BCUT2D eigenvalue weighted by Crippen LogP contribution is -2.50. The number of nitro benzene ring substituents is 1. The van der Waals surface area contributed by atoms with Crippen molar-refractivity contribution in [3.05, 3.63) is 81.9 Å². The van der Waals surface area contributed by atoms with Crippen LogP contribution in [0.5, 0.6) is 0 Å². The fourth-order valence-corrected chi connectivity index (χ4v) is 3.82. The van der Waals surface area contributed by atoms with Crippen molar-refractivity contribution >= 4 is 17.5 Å². The van der Waals surface area contributed by atoms with E-state index in [4.69, 9.17) is 0 Å². The zero-order valence-corrected chi connectivity index (χ0v) is 18.4. The average Bonchev–Trinajstić information content (AvgIpc) is 3.38. The van der Waals surface area contributed by atoms with Crippen LogP contribution in [-0.4, -0.2) is 67.5 Å². The lowest BCUT2D eigenvalue weighted by Gasteiger charge is -2.35. The fourth-order valence-electron chi connectivity index (χ4n) is 3.82. The minimum atomic E-state index is -0.547. The van der Waals surface area contributed by atoms with Gasteiger partial charge in [0.15, 0.2) is 0 Å². The summed E-state index contributed by atoms with van der Waals surface area (Å²) in [6.07, 6.45) is 2.64. The number of aromatic nitrogens is 3. The first-order chi connectivity index (χ1) is 15.8. The molecule has 2 aromatic carbocycles. The van der Waals surface area contributed by atoms with Crippen molar-refractivity contribution in [2.45, 2.75) is 19.8 Å². The molecule has 170 valence electrons. The van der Waals surface area contributed by atoms with Crippen molar-refractivity contribution in [3.63, 3.8) is 0 Å². The second-order valence-electron chi connectivity index (χ2n) is 8.16. The Morgan fingerprint density at radius 1 is 0.939 bits per heavy atom. The number of nitro groups is 1. The summed E-state index contributed by atoms with van der Waals surface area (Å²) in [5.74, 6) is 0.0201. The van der Waals surface area contributed by atoms with Gasteiger partial charge in [-0.2, -0.15) is 5.10 Å². The molecule has 1 aliphatic rings. The highest BCUT2D eigenvalue weighted by Gasteiger charge is 2.27. The van der Waals surface area contributed by atoms with Crippen molar-refractivity contribution in [1.29, 1.82) is 0 Å². The number of carbonyl (C=O) groups excluding carboxylic acids is 2. The lowest BCUT2D eigenvalue weighted by molar-refractivity contribution is -0.384. The van der Waals surface area contributed by atoms with Gasteiger partial charge in [-0.25, -0.2) is 9.67 Å². The molecule has 0 saturated carbocycles. The third-order valence-electron chi connectivity index (χ3n) is 5.76. The number of rotatable bonds is 5. The summed E-state index contributed by atoms with van der Waals surface area (Å²) in [5, 5.41) is 15.5. The Morgan fingerprint density at radius 3 is 2.03 bits per heavy atom. The molecule has 10 heteroatoms. The number of piperazine rings is 1. The molecule has 4 rings (SSSR count). The largest absolute Gasteiger partial charge is 0.335 e. The topological polar surface area (TPSA) is 114 Å². The highest BCUT2D eigenvalue weighted by atomic mass is 16.6. The Hall–Kier alpha value is -4.08. The van der Waals surface area contributed by atoms with Crippen LogP contribution in [0.15, 0.2) is 55.1 Å². The molecule has 1 aromatic heterocycles. The van der Waals surface area contributed by atoms with Crippen LogP contribution in [0.4, 0.5) is 5.69 Å². The van der Waals surface area contributed by atoms with Crippen LogP contribution in [0, 0.1) is 10.1 Å². The third kappa shape index (κ3) is 4.59. The molecule has 0 aliphatic carbocycles. The van der Waals surface area contributed by atoms with Crippen molar-refractivity contribution < 1.29 is 14.5 Å². The molecule has 3 aromatic rings. The summed E-state index contributed by atoms with van der Waals surface area (Å²) >= 11 is 0. The highest BCUT2D eigenvalue weighted by molar-refractivity contribution is 5.96. The zero-order valence-electron chi connectivity index (χ0n) is 18.4. The maximum absolute atomic E-state index is 13.0. The summed E-state index contributed by atoms with van der Waals surface area (Å²) < 4.78 is 1.28. The van der Waals surface area contributed by atoms with Gasteiger partial charge in [-0.1, -0.05) is 26.0 Å². The van der Waals surface area contributed by atoms with E-state index in [0.29, 0.717) is 37.7 Å². The van der Waals surface area contributed by atoms with Crippen molar-refractivity contribution in [2.75, 3.05) is 26.2 Å². The van der Waals surface area contributed by atoms with Gasteiger partial charge in [0, 0.05) is 43.4 Å². The zero-order chi connectivity index (χ0) is 23.5. The van der Waals surface area contributed by atoms with Crippen molar-refractivity contribution in [1.82, 2.24) is 24.6 Å². The normalized spacial score (nSPS) is 13.9. The van der Waals surface area contributed by atoms with Crippen LogP contribution >= 0.6 is 0 Å². The first-order valence-corrected chi connectivity index (χ1v) is 10.7. The molecular formula is C23H24N6O4. The van der Waals surface area contributed by atoms with E-state index in [0.717, 1.165) is 0 Å². The van der Waals surface area contributed by atoms with Crippen LogP contribution in [0.1, 0.15) is 46.0 Å². The van der Waals surface area contributed by atoms with Gasteiger partial charge in [0.2, 0.25) is 0 Å². The third-order valence-corrected chi connectivity index (χ3v) is 5.76. The first-order valence-electron chi connectivity index (χ1n) is 10.7. The monoisotopic (exact) mass is 448 g/mol. The van der Waals surface area contributed by atoms with Gasteiger partial charge in [0.05, 0.1) is 4.92 Å². The van der Waals surface area contributed by atoms with Gasteiger partial charge in [-0.3, -0.25) is 19.7 Å². The number of hydrogen-bond acceptors (Lipinski definition) is 6. The number of nitrogens with zero attached hydrogens (tertiary/aromatic N) is 6. The molecule has 0 N–H and O–H groups in total. The van der Waals surface area contributed by atoms with Crippen LogP contribution in [-0.2, 0) is 0 Å². The average molecular weight is 448 g/mol. The van der Waals surface area contributed by atoms with Crippen LogP contribution < -0.4 is 0 Å². The van der Waals surface area contributed by atoms with Gasteiger partial charge in [-0.05, 0) is 35.7 Å². The number of hydrogen-bond donors (Lipinski definition) is 0. The molecule has 0 spiro atoms. The fraction of sp³-hybridized carbons (Fsp3) is 0.304. The molecule has 0 bridgehead atoms. The van der Waals surface area contributed by atoms with E-state index < -0.39 is 4.92 Å². The van der Waals surface area contributed by atoms with E-state index in [9.17, 15) is 19.7 Å². The summed E-state index contributed by atoms with van der Waals surface area (Å²) in [6, 6.07) is 11.9. The Kier molecular flexibility index (Phi) is 6.16. The van der Waals surface area contributed by atoms with Gasteiger partial charge in [0.1, 0.15) is 18.3 Å². The molecule has 1 aliphatic heterocycles. The van der Waals surface area contributed by atoms with E-state index in [-0.39, 0.29) is 28.8 Å². The van der Waals surface area contributed by atoms with E-state index in [1.807, 2.05) is 24.3 Å². The highest BCUT2D eigenvalue weighted by Crippen LogP contribution is 2.25. The molecule has 33 heavy (non-hydrogen) atoms. The summed E-state index contributed by atoms with van der Waals surface area (Å²) in [7, 11) is 0. The number of amides is 2. The summed E-state index contributed by atoms with van der Waals surface area (Å²) in [5.41, 5.74) is 2.01. The molecule has 2 heterocycles. The van der Waals surface area contributed by atoms with Crippen LogP contribution in [0.2, 0.25) is 0 Å². The van der Waals surface area contributed by atoms with Gasteiger partial charge in [-0.15, -0.1) is 0 Å². The Morgan fingerprint density at radius 2 is 1.52 bits per heavy atom. The SMILES string of the molecule is CC(C)c1ccc(C(=O)N2CCN(C(=O)c3ccc(-n4cncn4)c([N+](=O)[O-])c3)CC2)cc1. The molecule has 10 nitrogen and oxygen atoms in total. The van der Waals surface area contributed by atoms with Crippen LogP contribution in [0.25, 0.3) is 5.69 Å². The predicted molar refractivity (Wildman–Crippen MR) is 120 cm³/mol. The van der Waals surface area contributed by atoms with E-state index in [2.05, 4.69) is 23.9 Å². The first kappa shape index (κ1) is 22.1.